The van der Waals surface area contributed by atoms with Gasteiger partial charge in [-0.1, -0.05) is 96.5 Å². The predicted molar refractivity (Wildman–Crippen MR) is 184 cm³/mol. The quantitative estimate of drug-likeness (QED) is 0.200. The number of nitrogens with zero attached hydrogens (tertiary/aromatic N) is 2. The smallest absolute Gasteiger partial charge is 0.243 e. The van der Waals surface area contributed by atoms with Crippen LogP contribution in [0.5, 0.6) is 0 Å². The Morgan fingerprint density at radius 1 is 0.933 bits per heavy atom. The third-order valence-corrected chi connectivity index (χ3v) is 10.4. The van der Waals surface area contributed by atoms with Crippen molar-refractivity contribution in [2.45, 2.75) is 76.9 Å². The molecule has 3 aromatic carbocycles. The molecule has 11 heteroatoms. The maximum atomic E-state index is 14.1. The van der Waals surface area contributed by atoms with Crippen LogP contribution in [0.3, 0.4) is 0 Å². The number of benzene rings is 3. The molecule has 45 heavy (non-hydrogen) atoms. The van der Waals surface area contributed by atoms with Gasteiger partial charge in [0.15, 0.2) is 0 Å². The fourth-order valence-corrected chi connectivity index (χ4v) is 7.43. The Hall–Kier alpha value is -2.78. The van der Waals surface area contributed by atoms with Gasteiger partial charge in [0, 0.05) is 47.0 Å². The molecule has 7 nitrogen and oxygen atoms in total. The number of carbonyl (C=O) groups is 2. The minimum Gasteiger partial charge on any atom is -0.352 e. The zero-order chi connectivity index (χ0) is 32.6. The van der Waals surface area contributed by atoms with E-state index in [9.17, 15) is 18.0 Å². The molecule has 4 rings (SSSR count). The lowest BCUT2D eigenvalue weighted by Gasteiger charge is -2.34. The SMILES string of the molecule is Cc1c(Cl)cccc1N(CCCC(=O)N(Cc1ccc(Cl)cc1Cl)[C@@H](Cc1ccccc1)C(=O)NC1CCCCC1)S(C)(=O)=O. The van der Waals surface area contributed by atoms with E-state index >= 15 is 0 Å². The first-order valence-corrected chi connectivity index (χ1v) is 18.2. The van der Waals surface area contributed by atoms with Gasteiger partial charge in [0.1, 0.15) is 6.04 Å². The second-order valence-electron chi connectivity index (χ2n) is 11.6. The summed E-state index contributed by atoms with van der Waals surface area (Å²) in [6.45, 7) is 1.92. The molecular weight excluding hydrogens is 653 g/mol. The normalized spacial score (nSPS) is 14.5. The Morgan fingerprint density at radius 3 is 2.31 bits per heavy atom. The van der Waals surface area contributed by atoms with E-state index in [-0.39, 0.29) is 43.8 Å². The summed E-state index contributed by atoms with van der Waals surface area (Å²) in [6, 6.07) is 19.0. The summed E-state index contributed by atoms with van der Waals surface area (Å²) in [5.74, 6) is -0.492. The van der Waals surface area contributed by atoms with Gasteiger partial charge < -0.3 is 10.2 Å². The standard InChI is InChI=1S/C34H40Cl3N3O4S/c1-24-29(36)15-9-16-31(24)40(45(2,43)44)20-10-17-33(41)39(23-26-18-19-27(35)22-30(26)37)32(21-25-11-5-3-6-12-25)34(42)38-28-13-7-4-8-14-28/h3,5-6,9,11-12,15-16,18-19,22,28,32H,4,7-8,10,13-14,17,20-21,23H2,1-2H3,(H,38,42)/t32-/m0/s1. The van der Waals surface area contributed by atoms with E-state index in [1.54, 1.807) is 48.2 Å². The summed E-state index contributed by atoms with van der Waals surface area (Å²) in [7, 11) is -3.66. The Kier molecular flexibility index (Phi) is 12.6. The fraction of sp³-hybridized carbons (Fsp3) is 0.412. The molecule has 0 radical (unpaired) electrons. The minimum absolute atomic E-state index is 0.0127. The summed E-state index contributed by atoms with van der Waals surface area (Å²) in [5, 5.41) is 4.54. The van der Waals surface area contributed by atoms with Crippen molar-refractivity contribution in [3.05, 3.63) is 98.5 Å². The van der Waals surface area contributed by atoms with Crippen LogP contribution in [-0.2, 0) is 32.6 Å². The maximum absolute atomic E-state index is 14.1. The number of hydrogen-bond acceptors (Lipinski definition) is 4. The third-order valence-electron chi connectivity index (χ3n) is 8.24. The minimum atomic E-state index is -3.66. The van der Waals surface area contributed by atoms with E-state index in [0.29, 0.717) is 38.3 Å². The van der Waals surface area contributed by atoms with Crippen molar-refractivity contribution in [3.8, 4) is 0 Å². The van der Waals surface area contributed by atoms with E-state index < -0.39 is 16.1 Å². The van der Waals surface area contributed by atoms with E-state index in [0.717, 1.165) is 43.9 Å². The van der Waals surface area contributed by atoms with Crippen molar-refractivity contribution in [1.29, 1.82) is 0 Å². The Morgan fingerprint density at radius 2 is 1.64 bits per heavy atom. The first kappa shape index (κ1) is 35.1. The third kappa shape index (κ3) is 9.85. The van der Waals surface area contributed by atoms with Crippen molar-refractivity contribution >= 4 is 62.3 Å². The first-order chi connectivity index (χ1) is 21.4. The van der Waals surface area contributed by atoms with Crippen molar-refractivity contribution in [2.75, 3.05) is 17.1 Å². The first-order valence-electron chi connectivity index (χ1n) is 15.2. The second-order valence-corrected chi connectivity index (χ2v) is 14.8. The number of rotatable bonds is 13. The van der Waals surface area contributed by atoms with Gasteiger partial charge in [-0.05, 0) is 67.1 Å². The van der Waals surface area contributed by atoms with Gasteiger partial charge in [0.2, 0.25) is 21.8 Å². The van der Waals surface area contributed by atoms with Gasteiger partial charge in [0.25, 0.3) is 0 Å². The van der Waals surface area contributed by atoms with E-state index in [1.807, 2.05) is 30.3 Å². The Labute approximate surface area is 281 Å². The highest BCUT2D eigenvalue weighted by atomic mass is 35.5. The Bertz CT molecular complexity index is 1580. The molecule has 0 saturated heterocycles. The topological polar surface area (TPSA) is 86.8 Å². The number of sulfonamides is 1. The average molecular weight is 693 g/mol. The lowest BCUT2D eigenvalue weighted by atomic mass is 9.94. The second kappa shape index (κ2) is 16.2. The van der Waals surface area contributed by atoms with Gasteiger partial charge in [0.05, 0.1) is 11.9 Å². The number of halogens is 3. The highest BCUT2D eigenvalue weighted by Crippen LogP contribution is 2.29. The summed E-state index contributed by atoms with van der Waals surface area (Å²) in [5.41, 5.74) is 2.68. The van der Waals surface area contributed by atoms with Gasteiger partial charge >= 0.3 is 0 Å². The molecule has 0 spiro atoms. The molecule has 3 aromatic rings. The van der Waals surface area contributed by atoms with E-state index in [2.05, 4.69) is 5.32 Å². The molecule has 0 heterocycles. The van der Waals surface area contributed by atoms with Gasteiger partial charge in [-0.15, -0.1) is 0 Å². The fourth-order valence-electron chi connectivity index (χ4n) is 5.78. The van der Waals surface area contributed by atoms with Crippen molar-refractivity contribution in [1.82, 2.24) is 10.2 Å². The molecule has 1 atom stereocenters. The molecule has 1 aliphatic carbocycles. The number of amides is 2. The molecule has 1 N–H and O–H groups in total. The molecule has 2 amide bonds. The molecule has 0 aliphatic heterocycles. The van der Waals surface area contributed by atoms with Crippen LogP contribution in [0.25, 0.3) is 0 Å². The van der Waals surface area contributed by atoms with Crippen LogP contribution in [0.4, 0.5) is 5.69 Å². The lowest BCUT2D eigenvalue weighted by Crippen LogP contribution is -2.53. The maximum Gasteiger partial charge on any atom is 0.243 e. The van der Waals surface area contributed by atoms with Crippen LogP contribution in [-0.4, -0.2) is 50.0 Å². The van der Waals surface area contributed by atoms with Gasteiger partial charge in [-0.3, -0.25) is 13.9 Å². The van der Waals surface area contributed by atoms with Crippen molar-refractivity contribution in [2.24, 2.45) is 0 Å². The molecular formula is C34H40Cl3N3O4S. The van der Waals surface area contributed by atoms with E-state index in [1.165, 1.54) is 4.31 Å². The lowest BCUT2D eigenvalue weighted by molar-refractivity contribution is -0.141. The molecule has 0 unspecified atom stereocenters. The van der Waals surface area contributed by atoms with Crippen LogP contribution in [0, 0.1) is 6.92 Å². The molecule has 0 aromatic heterocycles. The zero-order valence-electron chi connectivity index (χ0n) is 25.6. The van der Waals surface area contributed by atoms with Gasteiger partial charge in [-0.25, -0.2) is 8.42 Å². The van der Waals surface area contributed by atoms with E-state index in [4.69, 9.17) is 34.8 Å². The molecule has 0 bridgehead atoms. The monoisotopic (exact) mass is 691 g/mol. The number of nitrogens with one attached hydrogen (secondary N) is 1. The number of carbonyl (C=O) groups excluding carboxylic acids is 2. The van der Waals surface area contributed by atoms with Crippen molar-refractivity contribution in [3.63, 3.8) is 0 Å². The van der Waals surface area contributed by atoms with Gasteiger partial charge in [-0.2, -0.15) is 0 Å². The molecule has 1 fully saturated rings. The molecule has 1 saturated carbocycles. The summed E-state index contributed by atoms with van der Waals surface area (Å²) >= 11 is 19.0. The van der Waals surface area contributed by atoms with Crippen LogP contribution in [0.1, 0.15) is 61.6 Å². The number of anilines is 1. The van der Waals surface area contributed by atoms with Crippen LogP contribution in [0.2, 0.25) is 15.1 Å². The zero-order valence-corrected chi connectivity index (χ0v) is 28.7. The largest absolute Gasteiger partial charge is 0.352 e. The number of hydrogen-bond donors (Lipinski definition) is 1. The van der Waals surface area contributed by atoms with Crippen LogP contribution < -0.4 is 9.62 Å². The summed E-state index contributed by atoms with van der Waals surface area (Å²) in [4.78, 5) is 29.7. The van der Waals surface area contributed by atoms with Crippen LogP contribution in [0.15, 0.2) is 66.7 Å². The summed E-state index contributed by atoms with van der Waals surface area (Å²) < 4.78 is 26.9. The molecule has 1 aliphatic rings. The highest BCUT2D eigenvalue weighted by Gasteiger charge is 2.32. The van der Waals surface area contributed by atoms with Crippen LogP contribution >= 0.6 is 34.8 Å². The van der Waals surface area contributed by atoms with Crippen molar-refractivity contribution < 1.29 is 18.0 Å². The average Bonchev–Trinajstić information content (AvgIpc) is 3.00. The Balaban J connectivity index is 1.63. The predicted octanol–water partition coefficient (Wildman–Crippen LogP) is 7.59. The highest BCUT2D eigenvalue weighted by molar-refractivity contribution is 7.92. The molecule has 242 valence electrons. The summed E-state index contributed by atoms with van der Waals surface area (Å²) in [6.07, 6.45) is 6.77.